The minimum Gasteiger partial charge on any atom is -0.486 e. The molecule has 1 aromatic carbocycles. The third-order valence-electron chi connectivity index (χ3n) is 3.50. The molecule has 0 atom stereocenters. The first kappa shape index (κ1) is 14.1. The van der Waals surface area contributed by atoms with E-state index in [0.29, 0.717) is 11.8 Å². The molecule has 0 amide bonds. The van der Waals surface area contributed by atoms with Crippen LogP contribution in [0.3, 0.4) is 0 Å². The lowest BCUT2D eigenvalue weighted by molar-refractivity contribution is 0.265. The zero-order chi connectivity index (χ0) is 14.8. The fraction of sp³-hybridized carbons (Fsp3) is 0.375. The van der Waals surface area contributed by atoms with Crippen LogP contribution in [0.5, 0.6) is 5.75 Å². The molecule has 0 saturated heterocycles. The van der Waals surface area contributed by atoms with Gasteiger partial charge in [0.15, 0.2) is 11.6 Å². The van der Waals surface area contributed by atoms with Crippen molar-refractivity contribution in [3.63, 3.8) is 0 Å². The molecular weight excluding hydrogens is 276 g/mol. The Hall–Kier alpha value is -1.88. The minimum atomic E-state index is -0.919. The van der Waals surface area contributed by atoms with Gasteiger partial charge < -0.3 is 14.5 Å². The number of halogens is 2. The van der Waals surface area contributed by atoms with Gasteiger partial charge in [-0.05, 0) is 38.0 Å². The number of rotatable bonds is 6. The summed E-state index contributed by atoms with van der Waals surface area (Å²) in [7, 11) is 0. The van der Waals surface area contributed by atoms with Crippen molar-refractivity contribution in [2.45, 2.75) is 39.0 Å². The molecular formula is C16H17F2NO2. The lowest BCUT2D eigenvalue weighted by Gasteiger charge is -2.04. The third-order valence-corrected chi connectivity index (χ3v) is 3.50. The van der Waals surface area contributed by atoms with E-state index < -0.39 is 11.6 Å². The van der Waals surface area contributed by atoms with Crippen LogP contribution in [-0.4, -0.2) is 6.04 Å². The lowest BCUT2D eigenvalue weighted by Crippen LogP contribution is -2.15. The van der Waals surface area contributed by atoms with Gasteiger partial charge in [0.2, 0.25) is 0 Å². The van der Waals surface area contributed by atoms with Crippen molar-refractivity contribution >= 4 is 0 Å². The number of aryl methyl sites for hydroxylation is 1. The topological polar surface area (TPSA) is 34.4 Å². The summed E-state index contributed by atoms with van der Waals surface area (Å²) in [5.74, 6) is -0.000414. The van der Waals surface area contributed by atoms with Crippen molar-refractivity contribution in [1.82, 2.24) is 5.32 Å². The predicted molar refractivity (Wildman–Crippen MR) is 74.0 cm³/mol. The largest absolute Gasteiger partial charge is 0.486 e. The normalized spacial score (nSPS) is 14.4. The molecule has 0 spiro atoms. The Morgan fingerprint density at radius 3 is 2.76 bits per heavy atom. The van der Waals surface area contributed by atoms with Crippen LogP contribution >= 0.6 is 0 Å². The molecule has 0 radical (unpaired) electrons. The van der Waals surface area contributed by atoms with Gasteiger partial charge in [0, 0.05) is 24.2 Å². The van der Waals surface area contributed by atoms with E-state index in [-0.39, 0.29) is 12.4 Å². The maximum atomic E-state index is 13.1. The van der Waals surface area contributed by atoms with E-state index in [2.05, 4.69) is 5.32 Å². The Kier molecular flexibility index (Phi) is 3.92. The molecule has 112 valence electrons. The zero-order valence-corrected chi connectivity index (χ0v) is 11.8. The van der Waals surface area contributed by atoms with Gasteiger partial charge in [-0.2, -0.15) is 0 Å². The van der Waals surface area contributed by atoms with Gasteiger partial charge in [-0.15, -0.1) is 0 Å². The second-order valence-corrected chi connectivity index (χ2v) is 5.31. The number of ether oxygens (including phenoxy) is 1. The SMILES string of the molecule is Cc1oc(COc2ccc(F)c(F)c2)cc1CNC1CC1. The van der Waals surface area contributed by atoms with Crippen molar-refractivity contribution < 1.29 is 17.9 Å². The van der Waals surface area contributed by atoms with Crippen molar-refractivity contribution in [1.29, 1.82) is 0 Å². The monoisotopic (exact) mass is 293 g/mol. The summed E-state index contributed by atoms with van der Waals surface area (Å²) in [6, 6.07) is 6.04. The highest BCUT2D eigenvalue weighted by Crippen LogP contribution is 2.22. The summed E-state index contributed by atoms with van der Waals surface area (Å²) in [5, 5.41) is 3.42. The predicted octanol–water partition coefficient (Wildman–Crippen LogP) is 3.70. The standard InChI is InChI=1S/C16H17F2NO2/c1-10-11(8-19-12-2-3-12)6-14(21-10)9-20-13-4-5-15(17)16(18)7-13/h4-7,12,19H,2-3,8-9H2,1H3. The zero-order valence-electron chi connectivity index (χ0n) is 11.8. The molecule has 1 saturated carbocycles. The van der Waals surface area contributed by atoms with Crippen LogP contribution in [0.2, 0.25) is 0 Å². The summed E-state index contributed by atoms with van der Waals surface area (Å²) in [5.41, 5.74) is 1.10. The van der Waals surface area contributed by atoms with E-state index in [1.54, 1.807) is 0 Å². The van der Waals surface area contributed by atoms with E-state index in [0.717, 1.165) is 30.0 Å². The molecule has 0 aliphatic heterocycles. The Bertz CT molecular complexity index is 635. The van der Waals surface area contributed by atoms with Gasteiger partial charge in [0.25, 0.3) is 0 Å². The Labute approximate surface area is 121 Å². The summed E-state index contributed by atoms with van der Waals surface area (Å²) in [6.45, 7) is 2.88. The fourth-order valence-electron chi connectivity index (χ4n) is 2.10. The molecule has 1 aliphatic rings. The Morgan fingerprint density at radius 1 is 1.24 bits per heavy atom. The third kappa shape index (κ3) is 3.61. The quantitative estimate of drug-likeness (QED) is 0.882. The molecule has 21 heavy (non-hydrogen) atoms. The van der Waals surface area contributed by atoms with E-state index in [4.69, 9.17) is 9.15 Å². The van der Waals surface area contributed by atoms with Crippen LogP contribution in [-0.2, 0) is 13.2 Å². The Morgan fingerprint density at radius 2 is 2.05 bits per heavy atom. The van der Waals surface area contributed by atoms with Gasteiger partial charge in [-0.25, -0.2) is 8.78 Å². The second kappa shape index (κ2) is 5.85. The van der Waals surface area contributed by atoms with Crippen LogP contribution in [0.25, 0.3) is 0 Å². The van der Waals surface area contributed by atoms with Crippen LogP contribution < -0.4 is 10.1 Å². The second-order valence-electron chi connectivity index (χ2n) is 5.31. The van der Waals surface area contributed by atoms with E-state index in [1.807, 2.05) is 13.0 Å². The van der Waals surface area contributed by atoms with Crippen LogP contribution in [0, 0.1) is 18.6 Å². The maximum absolute atomic E-state index is 13.1. The molecule has 0 bridgehead atoms. The molecule has 2 aromatic rings. The van der Waals surface area contributed by atoms with Crippen LogP contribution in [0.4, 0.5) is 8.78 Å². The van der Waals surface area contributed by atoms with Gasteiger partial charge in [0.1, 0.15) is 23.9 Å². The molecule has 0 unspecified atom stereocenters. The fourth-order valence-corrected chi connectivity index (χ4v) is 2.10. The number of benzene rings is 1. The van der Waals surface area contributed by atoms with Crippen molar-refractivity contribution in [2.75, 3.05) is 0 Å². The molecule has 1 aromatic heterocycles. The first-order valence-corrected chi connectivity index (χ1v) is 7.01. The average Bonchev–Trinajstić information content (AvgIpc) is 3.22. The van der Waals surface area contributed by atoms with E-state index >= 15 is 0 Å². The number of nitrogens with one attached hydrogen (secondary N) is 1. The average molecular weight is 293 g/mol. The summed E-state index contributed by atoms with van der Waals surface area (Å²) < 4.78 is 36.9. The maximum Gasteiger partial charge on any atom is 0.162 e. The molecule has 1 aliphatic carbocycles. The van der Waals surface area contributed by atoms with Gasteiger partial charge in [-0.1, -0.05) is 0 Å². The lowest BCUT2D eigenvalue weighted by atomic mass is 10.2. The molecule has 1 fully saturated rings. The van der Waals surface area contributed by atoms with Crippen molar-refractivity contribution in [3.05, 3.63) is 53.0 Å². The number of furan rings is 1. The summed E-state index contributed by atoms with van der Waals surface area (Å²) in [6.07, 6.45) is 2.48. The van der Waals surface area contributed by atoms with Crippen molar-refractivity contribution in [3.8, 4) is 5.75 Å². The van der Waals surface area contributed by atoms with E-state index in [9.17, 15) is 8.78 Å². The van der Waals surface area contributed by atoms with E-state index in [1.165, 1.54) is 18.9 Å². The molecule has 1 heterocycles. The highest BCUT2D eigenvalue weighted by molar-refractivity contribution is 5.25. The Balaban J connectivity index is 1.59. The first-order valence-electron chi connectivity index (χ1n) is 7.01. The number of hydrogen-bond donors (Lipinski definition) is 1. The number of hydrogen-bond acceptors (Lipinski definition) is 3. The molecule has 3 rings (SSSR count). The first-order chi connectivity index (χ1) is 10.1. The van der Waals surface area contributed by atoms with Gasteiger partial charge >= 0.3 is 0 Å². The molecule has 3 nitrogen and oxygen atoms in total. The van der Waals surface area contributed by atoms with Crippen molar-refractivity contribution in [2.24, 2.45) is 0 Å². The highest BCUT2D eigenvalue weighted by atomic mass is 19.2. The molecule has 5 heteroatoms. The van der Waals surface area contributed by atoms with Crippen LogP contribution in [0.1, 0.15) is 29.9 Å². The minimum absolute atomic E-state index is 0.190. The van der Waals surface area contributed by atoms with Crippen LogP contribution in [0.15, 0.2) is 28.7 Å². The smallest absolute Gasteiger partial charge is 0.162 e. The molecule has 1 N–H and O–H groups in total. The highest BCUT2D eigenvalue weighted by Gasteiger charge is 2.21. The summed E-state index contributed by atoms with van der Waals surface area (Å²) in [4.78, 5) is 0. The van der Waals surface area contributed by atoms with Gasteiger partial charge in [-0.3, -0.25) is 0 Å². The summed E-state index contributed by atoms with van der Waals surface area (Å²) >= 11 is 0. The van der Waals surface area contributed by atoms with Gasteiger partial charge in [0.05, 0.1) is 0 Å².